The Morgan fingerprint density at radius 3 is 2.18 bits per heavy atom. The van der Waals surface area contributed by atoms with Crippen molar-refractivity contribution in [2.24, 2.45) is 11.8 Å². The van der Waals surface area contributed by atoms with E-state index in [-0.39, 0.29) is 22.8 Å². The Morgan fingerprint density at radius 2 is 1.77 bits per heavy atom. The van der Waals surface area contributed by atoms with Gasteiger partial charge in [0.15, 0.2) is 11.5 Å². The van der Waals surface area contributed by atoms with E-state index in [4.69, 9.17) is 19.7 Å². The van der Waals surface area contributed by atoms with E-state index < -0.39 is 37.1 Å². The molecule has 0 heterocycles. The molecule has 0 radical (unpaired) electrons. The smallest absolute Gasteiger partial charge is 0.309 e. The first kappa shape index (κ1) is 18.0. The molecule has 0 aromatic heterocycles. The lowest BCUT2D eigenvalue weighted by Gasteiger charge is -2.26. The van der Waals surface area contributed by atoms with Crippen LogP contribution in [0.5, 0.6) is 17.2 Å². The highest BCUT2D eigenvalue weighted by atomic mass is 16.5. The lowest BCUT2D eigenvalue weighted by atomic mass is 9.85. The van der Waals surface area contributed by atoms with Crippen LogP contribution in [0, 0.1) is 11.8 Å². The molecule has 0 saturated heterocycles. The zero-order chi connectivity index (χ0) is 16.9. The normalized spacial score (nSPS) is 13.7. The topological polar surface area (TPSA) is 137 Å². The first-order valence-electron chi connectivity index (χ1n) is 6.48. The van der Waals surface area contributed by atoms with E-state index in [1.54, 1.807) is 0 Å². The van der Waals surface area contributed by atoms with Crippen molar-refractivity contribution in [1.29, 1.82) is 0 Å². The number of aliphatic hydroxyl groups excluding tert-OH is 3. The summed E-state index contributed by atoms with van der Waals surface area (Å²) >= 11 is 0. The van der Waals surface area contributed by atoms with Crippen LogP contribution >= 0.6 is 0 Å². The Balaban J connectivity index is 3.27. The summed E-state index contributed by atoms with van der Waals surface area (Å²) in [7, 11) is 2.65. The van der Waals surface area contributed by atoms with Gasteiger partial charge in [-0.05, 0) is 17.7 Å². The van der Waals surface area contributed by atoms with Crippen molar-refractivity contribution < 1.29 is 39.8 Å². The van der Waals surface area contributed by atoms with Crippen molar-refractivity contribution in [2.45, 2.75) is 6.10 Å². The van der Waals surface area contributed by atoms with Crippen molar-refractivity contribution in [2.75, 3.05) is 27.4 Å². The molecule has 0 amide bonds. The van der Waals surface area contributed by atoms with Crippen molar-refractivity contribution >= 4 is 5.97 Å². The third-order valence-corrected chi connectivity index (χ3v) is 3.43. The standard InChI is InChI=1S/C14H20O8/c1-21-10-4-7(3-9(17)13(10)22-2)12(18)11(14(19)20)8(5-15)6-16/h3-4,8,11-12,15-18H,5-6H2,1-2H3,(H,19,20)/t11-,12-/m1/s1. The second-order valence-electron chi connectivity index (χ2n) is 4.71. The number of aliphatic hydroxyl groups is 3. The van der Waals surface area contributed by atoms with E-state index in [1.165, 1.54) is 20.3 Å². The predicted molar refractivity (Wildman–Crippen MR) is 75.0 cm³/mol. The first-order chi connectivity index (χ1) is 10.4. The number of aromatic hydroxyl groups is 1. The van der Waals surface area contributed by atoms with E-state index in [0.717, 1.165) is 6.07 Å². The maximum Gasteiger partial charge on any atom is 0.309 e. The SMILES string of the molecule is COc1cc([C@@H](O)[C@H](C(=O)O)C(CO)CO)cc(O)c1OC. The van der Waals surface area contributed by atoms with E-state index in [9.17, 15) is 20.1 Å². The van der Waals surface area contributed by atoms with Gasteiger partial charge in [-0.1, -0.05) is 0 Å². The monoisotopic (exact) mass is 316 g/mol. The van der Waals surface area contributed by atoms with Crippen LogP contribution in [0.3, 0.4) is 0 Å². The van der Waals surface area contributed by atoms with Gasteiger partial charge in [0.05, 0.1) is 26.2 Å². The van der Waals surface area contributed by atoms with Gasteiger partial charge in [0.25, 0.3) is 0 Å². The molecule has 5 N–H and O–H groups in total. The minimum atomic E-state index is -1.56. The minimum absolute atomic E-state index is 0.0474. The number of carboxylic acid groups (broad SMARTS) is 1. The van der Waals surface area contributed by atoms with Gasteiger partial charge in [-0.3, -0.25) is 4.79 Å². The Bertz CT molecular complexity index is 512. The van der Waals surface area contributed by atoms with Crippen LogP contribution in [0.1, 0.15) is 11.7 Å². The molecular weight excluding hydrogens is 296 g/mol. The molecule has 1 rings (SSSR count). The maximum absolute atomic E-state index is 11.3. The fourth-order valence-electron chi connectivity index (χ4n) is 2.22. The van der Waals surface area contributed by atoms with Gasteiger partial charge in [0, 0.05) is 19.1 Å². The Morgan fingerprint density at radius 1 is 1.18 bits per heavy atom. The number of aliphatic carboxylic acids is 1. The number of ether oxygens (including phenoxy) is 2. The third kappa shape index (κ3) is 3.59. The molecule has 0 spiro atoms. The van der Waals surface area contributed by atoms with Crippen molar-refractivity contribution in [3.63, 3.8) is 0 Å². The largest absolute Gasteiger partial charge is 0.504 e. The fraction of sp³-hybridized carbons (Fsp3) is 0.500. The van der Waals surface area contributed by atoms with Crippen LogP contribution in [0.2, 0.25) is 0 Å². The molecule has 124 valence electrons. The van der Waals surface area contributed by atoms with Crippen molar-refractivity contribution in [3.8, 4) is 17.2 Å². The third-order valence-electron chi connectivity index (χ3n) is 3.43. The summed E-state index contributed by atoms with van der Waals surface area (Å²) in [5.41, 5.74) is 0.0643. The molecule has 0 aliphatic rings. The Kier molecular flexibility index (Phi) is 6.41. The van der Waals surface area contributed by atoms with Gasteiger partial charge in [-0.15, -0.1) is 0 Å². The molecule has 0 aliphatic carbocycles. The fourth-order valence-corrected chi connectivity index (χ4v) is 2.22. The molecule has 1 aromatic rings. The molecule has 8 nitrogen and oxygen atoms in total. The first-order valence-corrected chi connectivity index (χ1v) is 6.48. The zero-order valence-electron chi connectivity index (χ0n) is 12.3. The van der Waals surface area contributed by atoms with Crippen LogP contribution in [-0.4, -0.2) is 58.9 Å². The summed E-state index contributed by atoms with van der Waals surface area (Å²) in [4.78, 5) is 11.3. The number of rotatable bonds is 8. The summed E-state index contributed by atoms with van der Waals surface area (Å²) in [6.45, 7) is -1.21. The number of methoxy groups -OCH3 is 2. The van der Waals surface area contributed by atoms with Gasteiger partial charge < -0.3 is 35.0 Å². The van der Waals surface area contributed by atoms with Crippen molar-refractivity contribution in [1.82, 2.24) is 0 Å². The highest BCUT2D eigenvalue weighted by Crippen LogP contribution is 2.41. The van der Waals surface area contributed by atoms with Crippen LogP contribution in [0.4, 0.5) is 0 Å². The van der Waals surface area contributed by atoms with E-state index in [1.807, 2.05) is 0 Å². The highest BCUT2D eigenvalue weighted by molar-refractivity contribution is 5.71. The predicted octanol–water partition coefficient (Wildman–Crippen LogP) is -0.256. The summed E-state index contributed by atoms with van der Waals surface area (Å²) in [6.07, 6.45) is -1.56. The summed E-state index contributed by atoms with van der Waals surface area (Å²) in [6, 6.07) is 2.47. The number of phenolic OH excluding ortho intramolecular Hbond substituents is 1. The molecule has 8 heteroatoms. The Hall–Kier alpha value is -2.03. The lowest BCUT2D eigenvalue weighted by Crippen LogP contribution is -2.34. The number of hydrogen-bond donors (Lipinski definition) is 5. The number of phenols is 1. The van der Waals surface area contributed by atoms with E-state index >= 15 is 0 Å². The molecule has 0 bridgehead atoms. The minimum Gasteiger partial charge on any atom is -0.504 e. The molecule has 0 fully saturated rings. The molecule has 2 atom stereocenters. The van der Waals surface area contributed by atoms with Crippen LogP contribution < -0.4 is 9.47 Å². The second kappa shape index (κ2) is 7.83. The quantitative estimate of drug-likeness (QED) is 0.442. The maximum atomic E-state index is 11.3. The summed E-state index contributed by atoms with van der Waals surface area (Å²) in [5.74, 6) is -4.05. The van der Waals surface area contributed by atoms with Gasteiger partial charge in [0.2, 0.25) is 5.75 Å². The molecule has 0 saturated carbocycles. The number of hydrogen-bond acceptors (Lipinski definition) is 7. The zero-order valence-corrected chi connectivity index (χ0v) is 12.3. The van der Waals surface area contributed by atoms with Crippen molar-refractivity contribution in [3.05, 3.63) is 17.7 Å². The molecule has 0 aliphatic heterocycles. The van der Waals surface area contributed by atoms with Crippen LogP contribution in [-0.2, 0) is 4.79 Å². The summed E-state index contributed by atoms with van der Waals surface area (Å²) in [5, 5.41) is 47.7. The van der Waals surface area contributed by atoms with Crippen LogP contribution in [0.15, 0.2) is 12.1 Å². The van der Waals surface area contributed by atoms with E-state index in [2.05, 4.69) is 0 Å². The highest BCUT2D eigenvalue weighted by Gasteiger charge is 2.35. The molecule has 22 heavy (non-hydrogen) atoms. The number of carbonyl (C=O) groups is 1. The summed E-state index contributed by atoms with van der Waals surface area (Å²) < 4.78 is 9.97. The lowest BCUT2D eigenvalue weighted by molar-refractivity contribution is -0.151. The number of carboxylic acids is 1. The van der Waals surface area contributed by atoms with Crippen LogP contribution in [0.25, 0.3) is 0 Å². The molecule has 0 unspecified atom stereocenters. The van der Waals surface area contributed by atoms with Gasteiger partial charge in [0.1, 0.15) is 0 Å². The number of benzene rings is 1. The van der Waals surface area contributed by atoms with E-state index in [0.29, 0.717) is 0 Å². The molecule has 1 aromatic carbocycles. The Labute approximate surface area is 127 Å². The second-order valence-corrected chi connectivity index (χ2v) is 4.71. The average molecular weight is 316 g/mol. The van der Waals surface area contributed by atoms with Gasteiger partial charge in [-0.2, -0.15) is 0 Å². The average Bonchev–Trinajstić information content (AvgIpc) is 2.50. The van der Waals surface area contributed by atoms with Gasteiger partial charge in [-0.25, -0.2) is 0 Å². The molecular formula is C14H20O8. The van der Waals surface area contributed by atoms with Gasteiger partial charge >= 0.3 is 5.97 Å².